The second-order valence-corrected chi connectivity index (χ2v) is 4.93. The van der Waals surface area contributed by atoms with Gasteiger partial charge in [0.2, 0.25) is 0 Å². The lowest BCUT2D eigenvalue weighted by molar-refractivity contribution is -0.146. The molecule has 0 aliphatic heterocycles. The van der Waals surface area contributed by atoms with E-state index in [1.165, 1.54) is 0 Å². The first-order valence-corrected chi connectivity index (χ1v) is 6.63. The molecule has 1 aromatic rings. The summed E-state index contributed by atoms with van der Waals surface area (Å²) in [7, 11) is 0. The van der Waals surface area contributed by atoms with E-state index in [4.69, 9.17) is 15.2 Å². The summed E-state index contributed by atoms with van der Waals surface area (Å²) in [5.74, 6) is 0.105. The highest BCUT2D eigenvalue weighted by Gasteiger charge is 2.15. The van der Waals surface area contributed by atoms with E-state index in [2.05, 4.69) is 13.8 Å². The zero-order valence-electron chi connectivity index (χ0n) is 11.7. The van der Waals surface area contributed by atoms with Gasteiger partial charge in [-0.15, -0.1) is 0 Å². The van der Waals surface area contributed by atoms with Crippen molar-refractivity contribution < 1.29 is 14.3 Å². The second-order valence-electron chi connectivity index (χ2n) is 4.93. The van der Waals surface area contributed by atoms with Gasteiger partial charge in [0.05, 0.1) is 6.61 Å². The minimum absolute atomic E-state index is 0.258. The van der Waals surface area contributed by atoms with Gasteiger partial charge in [0.25, 0.3) is 0 Å². The van der Waals surface area contributed by atoms with E-state index in [-0.39, 0.29) is 12.6 Å². The van der Waals surface area contributed by atoms with Gasteiger partial charge in [0, 0.05) is 6.61 Å². The Balaban J connectivity index is 2.18. The Kier molecular flexibility index (Phi) is 7.15. The summed E-state index contributed by atoms with van der Waals surface area (Å²) in [5.41, 5.74) is 6.83. The largest absolute Gasteiger partial charge is 0.462 e. The number of hydrogen-bond donors (Lipinski definition) is 1. The first-order valence-electron chi connectivity index (χ1n) is 6.63. The Morgan fingerprint density at radius 3 is 2.53 bits per heavy atom. The molecule has 0 aliphatic rings. The van der Waals surface area contributed by atoms with E-state index >= 15 is 0 Å². The van der Waals surface area contributed by atoms with Gasteiger partial charge in [0.15, 0.2) is 0 Å². The average molecular weight is 265 g/mol. The number of esters is 1. The van der Waals surface area contributed by atoms with Gasteiger partial charge < -0.3 is 15.2 Å². The molecule has 0 heterocycles. The molecule has 0 saturated carbocycles. The lowest BCUT2D eigenvalue weighted by Gasteiger charge is -2.12. The molecule has 106 valence electrons. The molecule has 0 aliphatic carbocycles. The van der Waals surface area contributed by atoms with E-state index in [1.807, 2.05) is 30.3 Å². The monoisotopic (exact) mass is 265 g/mol. The van der Waals surface area contributed by atoms with Crippen LogP contribution >= 0.6 is 0 Å². The highest BCUT2D eigenvalue weighted by atomic mass is 16.6. The Bertz CT molecular complexity index is 365. The van der Waals surface area contributed by atoms with Crippen molar-refractivity contribution in [2.45, 2.75) is 26.3 Å². The molecule has 0 bridgehead atoms. The third-order valence-electron chi connectivity index (χ3n) is 2.52. The zero-order chi connectivity index (χ0) is 14.1. The number of ether oxygens (including phenoxy) is 2. The van der Waals surface area contributed by atoms with Crippen molar-refractivity contribution in [3.63, 3.8) is 0 Å². The van der Waals surface area contributed by atoms with E-state index in [0.717, 1.165) is 5.56 Å². The normalized spacial score (nSPS) is 12.4. The van der Waals surface area contributed by atoms with Gasteiger partial charge in [-0.2, -0.15) is 0 Å². The van der Waals surface area contributed by atoms with E-state index in [9.17, 15) is 4.79 Å². The lowest BCUT2D eigenvalue weighted by Crippen LogP contribution is -2.35. The molecule has 0 radical (unpaired) electrons. The van der Waals surface area contributed by atoms with Gasteiger partial charge in [-0.1, -0.05) is 44.2 Å². The fourth-order valence-corrected chi connectivity index (χ4v) is 1.58. The van der Waals surface area contributed by atoms with Gasteiger partial charge in [-0.05, 0) is 17.9 Å². The van der Waals surface area contributed by atoms with Crippen LogP contribution < -0.4 is 5.73 Å². The van der Waals surface area contributed by atoms with Gasteiger partial charge in [-0.25, -0.2) is 0 Å². The molecule has 4 heteroatoms. The van der Waals surface area contributed by atoms with Crippen molar-refractivity contribution in [1.82, 2.24) is 0 Å². The van der Waals surface area contributed by atoms with Crippen molar-refractivity contribution >= 4 is 5.97 Å². The summed E-state index contributed by atoms with van der Waals surface area (Å²) in [6, 6.07) is 9.05. The second kappa shape index (κ2) is 8.67. The third-order valence-corrected chi connectivity index (χ3v) is 2.52. The molecule has 1 aromatic carbocycles. The Hall–Kier alpha value is -1.39. The summed E-state index contributed by atoms with van der Waals surface area (Å²) in [4.78, 5) is 11.6. The molecule has 0 amide bonds. The molecule has 2 N–H and O–H groups in total. The number of benzene rings is 1. The molecule has 19 heavy (non-hydrogen) atoms. The van der Waals surface area contributed by atoms with Gasteiger partial charge in [0.1, 0.15) is 12.6 Å². The molecule has 4 nitrogen and oxygen atoms in total. The van der Waals surface area contributed by atoms with Crippen LogP contribution in [-0.4, -0.2) is 31.8 Å². The van der Waals surface area contributed by atoms with Crippen molar-refractivity contribution in [1.29, 1.82) is 0 Å². The van der Waals surface area contributed by atoms with Crippen LogP contribution in [0, 0.1) is 5.92 Å². The number of carbonyl (C=O) groups is 1. The first kappa shape index (κ1) is 15.7. The lowest BCUT2D eigenvalue weighted by atomic mass is 10.1. The number of rotatable bonds is 8. The molecule has 0 spiro atoms. The van der Waals surface area contributed by atoms with Gasteiger partial charge in [-0.3, -0.25) is 4.79 Å². The molecule has 0 saturated heterocycles. The Morgan fingerprint density at radius 2 is 1.89 bits per heavy atom. The van der Waals surface area contributed by atoms with Crippen LogP contribution in [0.25, 0.3) is 0 Å². The summed E-state index contributed by atoms with van der Waals surface area (Å²) in [5, 5.41) is 0. The standard InChI is InChI=1S/C15H23NO3/c1-12(2)11-18-8-9-19-15(17)14(16)10-13-6-4-3-5-7-13/h3-7,12,14H,8-11,16H2,1-2H3. The van der Waals surface area contributed by atoms with Crippen molar-refractivity contribution in [2.75, 3.05) is 19.8 Å². The van der Waals surface area contributed by atoms with Crippen LogP contribution in [-0.2, 0) is 20.7 Å². The minimum atomic E-state index is -0.618. The molecule has 0 fully saturated rings. The maximum atomic E-state index is 11.6. The molecule has 1 atom stereocenters. The smallest absolute Gasteiger partial charge is 0.323 e. The summed E-state index contributed by atoms with van der Waals surface area (Å²) in [6.07, 6.45) is 0.493. The van der Waals surface area contributed by atoms with Gasteiger partial charge >= 0.3 is 5.97 Å². The highest BCUT2D eigenvalue weighted by Crippen LogP contribution is 2.03. The Morgan fingerprint density at radius 1 is 1.21 bits per heavy atom. The van der Waals surface area contributed by atoms with Crippen LogP contribution in [0.15, 0.2) is 30.3 Å². The number of nitrogens with two attached hydrogens (primary N) is 1. The van der Waals surface area contributed by atoms with Crippen molar-refractivity contribution in [3.05, 3.63) is 35.9 Å². The zero-order valence-corrected chi connectivity index (χ0v) is 11.7. The van der Waals surface area contributed by atoms with Crippen LogP contribution in [0.5, 0.6) is 0 Å². The van der Waals surface area contributed by atoms with Crippen molar-refractivity contribution in [2.24, 2.45) is 11.7 Å². The van der Waals surface area contributed by atoms with Crippen LogP contribution in [0.1, 0.15) is 19.4 Å². The predicted molar refractivity (Wildman–Crippen MR) is 74.7 cm³/mol. The molecule has 1 rings (SSSR count). The number of carbonyl (C=O) groups excluding carboxylic acids is 1. The predicted octanol–water partition coefficient (Wildman–Crippen LogP) is 1.77. The quantitative estimate of drug-likeness (QED) is 0.575. The molecule has 0 aromatic heterocycles. The topological polar surface area (TPSA) is 61.5 Å². The summed E-state index contributed by atoms with van der Waals surface area (Å²) < 4.78 is 10.4. The SMILES string of the molecule is CC(C)COCCOC(=O)C(N)Cc1ccccc1. The summed E-state index contributed by atoms with van der Waals surface area (Å²) in [6.45, 7) is 5.49. The molecule has 1 unspecified atom stereocenters. The van der Waals surface area contributed by atoms with E-state index < -0.39 is 6.04 Å². The fourth-order valence-electron chi connectivity index (χ4n) is 1.58. The molecular weight excluding hydrogens is 242 g/mol. The summed E-state index contributed by atoms with van der Waals surface area (Å²) >= 11 is 0. The highest BCUT2D eigenvalue weighted by molar-refractivity contribution is 5.75. The fraction of sp³-hybridized carbons (Fsp3) is 0.533. The first-order chi connectivity index (χ1) is 9.09. The van der Waals surface area contributed by atoms with Crippen LogP contribution in [0.2, 0.25) is 0 Å². The number of hydrogen-bond acceptors (Lipinski definition) is 4. The average Bonchev–Trinajstić information content (AvgIpc) is 2.38. The van der Waals surface area contributed by atoms with E-state index in [0.29, 0.717) is 25.6 Å². The maximum Gasteiger partial charge on any atom is 0.323 e. The van der Waals surface area contributed by atoms with Crippen molar-refractivity contribution in [3.8, 4) is 0 Å². The minimum Gasteiger partial charge on any atom is -0.462 e. The molecular formula is C15H23NO3. The van der Waals surface area contributed by atoms with E-state index in [1.54, 1.807) is 0 Å². The maximum absolute atomic E-state index is 11.6. The third kappa shape index (κ3) is 6.94. The Labute approximate surface area is 114 Å². The van der Waals surface area contributed by atoms with Crippen LogP contribution in [0.3, 0.4) is 0 Å². The van der Waals surface area contributed by atoms with Crippen LogP contribution in [0.4, 0.5) is 0 Å².